The van der Waals surface area contributed by atoms with Crippen molar-refractivity contribution >= 4 is 0 Å². The minimum atomic E-state index is -2.04. The Bertz CT molecular complexity index is 2330. The van der Waals surface area contributed by atoms with Gasteiger partial charge in [0.15, 0.2) is 37.2 Å². The summed E-state index contributed by atoms with van der Waals surface area (Å²) < 4.78 is 75.5. The molecule has 4 saturated carbocycles. The fraction of sp³-hybridized carbons (Fsp3) is 0.966. The molecule has 11 rings (SSSR count). The number of allylic oxidation sites excluding steroid dienone is 1. The number of aliphatic hydroxyl groups excluding tert-OH is 13. The van der Waals surface area contributed by atoms with Crippen LogP contribution in [0, 0.1) is 45.3 Å². The van der Waals surface area contributed by atoms with Crippen molar-refractivity contribution in [3.8, 4) is 0 Å². The minimum Gasteiger partial charge on any atom is -0.394 e. The lowest BCUT2D eigenvalue weighted by Crippen LogP contribution is -2.68. The van der Waals surface area contributed by atoms with E-state index >= 15 is 0 Å². The SMILES string of the molecule is CC(C)=C[C@H]1C[C@](C)(O)[C@H]2[C@@H]3CC[C@H]4[C@@]5(C)CC[C@@H](O[C@@H]6OC[C@@H](O)[C@@H](O[C@H]7O[C@H](CO[C@H]8O[C@H](CO)[C@@H](O)[C@@H](O)[C@H]8O)[C@@H](O)[C@@H](O)[C@H]7O[C@H]7OC[C@@H](O)[C@@H](O)[C@H]7O)[C@H]6O[C@H]6O[C@H](C)[C@H](O)[C@H](O)[C@@H]6O)C(C)(C)[C@H]5CC[C@]4(C)[C@@]34CO[C@]2(C4)O1. The molecule has 11 fully saturated rings. The van der Waals surface area contributed by atoms with E-state index in [2.05, 4.69) is 33.8 Å². The van der Waals surface area contributed by atoms with Gasteiger partial charge in [-0.15, -0.1) is 0 Å². The lowest BCUT2D eigenvalue weighted by atomic mass is 9.35. The van der Waals surface area contributed by atoms with Crippen LogP contribution in [0.2, 0.25) is 0 Å². The number of hydrogen-bond donors (Lipinski definition) is 14. The summed E-state index contributed by atoms with van der Waals surface area (Å²) in [6, 6.07) is 0. The predicted octanol–water partition coefficient (Wildman–Crippen LogP) is -2.72. The third-order valence-electron chi connectivity index (χ3n) is 22.5. The second-order valence-electron chi connectivity index (χ2n) is 28.2. The first-order valence-corrected chi connectivity index (χ1v) is 30.3. The van der Waals surface area contributed by atoms with E-state index in [1.165, 1.54) is 6.92 Å². The maximum Gasteiger partial charge on any atom is 0.187 e. The van der Waals surface area contributed by atoms with Crippen LogP contribution >= 0.6 is 0 Å². The molecule has 14 N–H and O–H groups in total. The predicted molar refractivity (Wildman–Crippen MR) is 283 cm³/mol. The standard InChI is InChI=1S/C58H94O26/c1-23(2)15-25-16-56(8,72)47-26-9-10-32-54(6)13-12-33(53(4,5)31(54)11-14-55(32,7)57(26)21-58(47,84-25)76-22-57)80-51-46(83-50-43(71)38(66)34(62)24(3)77-50)44(28(61)19-74-51)81-52-45(82-49-41(69)35(63)27(60)18-73-49)40(68)37(65)30(79-52)20-75-48-42(70)39(67)36(64)29(17-59)78-48/h15,24-52,59-72H,9-14,16-22H2,1-8H3/t24-,25+,26+,27-,28-,29-,30-,31-,32+,33-,34+,35-,36-,37-,38+,39-,40-,41-,42-,43+,44-,45-,46-,47-,48+,49-,50-,51+,52-,54+,55+,56+,57+,58-/m1/s1. The molecule has 2 bridgehead atoms. The van der Waals surface area contributed by atoms with Crippen LogP contribution < -0.4 is 0 Å². The fourth-order valence-corrected chi connectivity index (χ4v) is 18.3. The summed E-state index contributed by atoms with van der Waals surface area (Å²) in [6.45, 7) is 14.8. The van der Waals surface area contributed by atoms with E-state index < -0.39 is 191 Å². The highest BCUT2D eigenvalue weighted by Gasteiger charge is 2.81. The molecule has 26 nitrogen and oxygen atoms in total. The Morgan fingerprint density at radius 2 is 1.21 bits per heavy atom. The van der Waals surface area contributed by atoms with E-state index in [-0.39, 0.29) is 46.0 Å². The second kappa shape index (κ2) is 23.4. The van der Waals surface area contributed by atoms with Crippen molar-refractivity contribution in [3.63, 3.8) is 0 Å². The Kier molecular flexibility index (Phi) is 17.9. The first kappa shape index (κ1) is 64.2. The molecule has 0 aromatic heterocycles. The van der Waals surface area contributed by atoms with Gasteiger partial charge in [-0.05, 0) is 100 Å². The normalized spacial score (nSPS) is 57.1. The molecule has 11 aliphatic rings. The molecule has 0 amide bonds. The topological polar surface area (TPSA) is 394 Å². The van der Waals surface area contributed by atoms with Crippen LogP contribution in [-0.4, -0.2) is 269 Å². The van der Waals surface area contributed by atoms with Gasteiger partial charge < -0.3 is 128 Å². The number of aliphatic hydroxyl groups is 14. The van der Waals surface area contributed by atoms with Crippen LogP contribution in [0.15, 0.2) is 11.6 Å². The summed E-state index contributed by atoms with van der Waals surface area (Å²) in [5, 5.41) is 154. The Morgan fingerprint density at radius 1 is 0.583 bits per heavy atom. The highest BCUT2D eigenvalue weighted by Crippen LogP contribution is 2.80. The van der Waals surface area contributed by atoms with Gasteiger partial charge in [-0.2, -0.15) is 0 Å². The van der Waals surface area contributed by atoms with Crippen LogP contribution in [-0.2, 0) is 56.8 Å². The average molecular weight is 1210 g/mol. The smallest absolute Gasteiger partial charge is 0.187 e. The number of ether oxygens (including phenoxy) is 12. The third-order valence-corrected chi connectivity index (χ3v) is 22.5. The lowest BCUT2D eigenvalue weighted by molar-refractivity contribution is -0.401. The van der Waals surface area contributed by atoms with Gasteiger partial charge in [0.25, 0.3) is 0 Å². The fourth-order valence-electron chi connectivity index (χ4n) is 18.3. The summed E-state index contributed by atoms with van der Waals surface area (Å²) in [5.41, 5.74) is -0.980. The second-order valence-corrected chi connectivity index (χ2v) is 28.2. The monoisotopic (exact) mass is 1210 g/mol. The van der Waals surface area contributed by atoms with Gasteiger partial charge >= 0.3 is 0 Å². The van der Waals surface area contributed by atoms with Gasteiger partial charge in [0.2, 0.25) is 0 Å². The van der Waals surface area contributed by atoms with Gasteiger partial charge in [-0.1, -0.05) is 39.3 Å². The summed E-state index contributed by atoms with van der Waals surface area (Å²) in [4.78, 5) is 0. The summed E-state index contributed by atoms with van der Waals surface area (Å²) >= 11 is 0. The van der Waals surface area contributed by atoms with Gasteiger partial charge in [0.05, 0.1) is 56.9 Å². The molecule has 84 heavy (non-hydrogen) atoms. The molecule has 7 aliphatic heterocycles. The van der Waals surface area contributed by atoms with Crippen molar-refractivity contribution < 1.29 is 128 Å². The highest BCUT2D eigenvalue weighted by atomic mass is 16.8. The first-order valence-electron chi connectivity index (χ1n) is 30.3. The Hall–Kier alpha value is -1.30. The van der Waals surface area contributed by atoms with E-state index in [0.29, 0.717) is 19.4 Å². The van der Waals surface area contributed by atoms with E-state index in [9.17, 15) is 71.5 Å². The molecule has 34 atom stereocenters. The molecule has 0 radical (unpaired) electrons. The minimum absolute atomic E-state index is 0.110. The zero-order valence-electron chi connectivity index (χ0n) is 49.2. The zero-order valence-corrected chi connectivity index (χ0v) is 49.2. The maximum absolute atomic E-state index is 12.3. The molecular weight excluding hydrogens is 1110 g/mol. The molecule has 26 heteroatoms. The lowest BCUT2D eigenvalue weighted by Gasteiger charge is -2.70. The van der Waals surface area contributed by atoms with Crippen molar-refractivity contribution in [1.29, 1.82) is 0 Å². The molecule has 0 unspecified atom stereocenters. The van der Waals surface area contributed by atoms with Gasteiger partial charge in [-0.25, -0.2) is 0 Å². The van der Waals surface area contributed by atoms with Crippen LogP contribution in [0.25, 0.3) is 0 Å². The van der Waals surface area contributed by atoms with Gasteiger partial charge in [0.1, 0.15) is 104 Å². The molecular formula is C58H94O26. The quantitative estimate of drug-likeness (QED) is 0.0658. The summed E-state index contributed by atoms with van der Waals surface area (Å²) in [5.74, 6) is -0.440. The maximum atomic E-state index is 12.3. The van der Waals surface area contributed by atoms with Gasteiger partial charge in [-0.3, -0.25) is 0 Å². The summed E-state index contributed by atoms with van der Waals surface area (Å²) in [6.07, 6.45) is -31.8. The number of fused-ring (bicyclic) bond motifs is 4. The van der Waals surface area contributed by atoms with E-state index in [1.54, 1.807) is 0 Å². The van der Waals surface area contributed by atoms with Crippen molar-refractivity contribution in [1.82, 2.24) is 0 Å². The van der Waals surface area contributed by atoms with Crippen LogP contribution in [0.5, 0.6) is 0 Å². The van der Waals surface area contributed by atoms with Crippen LogP contribution in [0.3, 0.4) is 0 Å². The van der Waals surface area contributed by atoms with Crippen molar-refractivity contribution in [2.24, 2.45) is 45.3 Å². The molecule has 4 aliphatic carbocycles. The third kappa shape index (κ3) is 10.5. The Morgan fingerprint density at radius 3 is 1.93 bits per heavy atom. The zero-order chi connectivity index (χ0) is 60.7. The molecule has 2 spiro atoms. The molecule has 0 aromatic rings. The van der Waals surface area contributed by atoms with Crippen molar-refractivity contribution in [2.75, 3.05) is 33.0 Å². The molecule has 7 saturated heterocycles. The van der Waals surface area contributed by atoms with Crippen molar-refractivity contribution in [3.05, 3.63) is 11.6 Å². The van der Waals surface area contributed by atoms with Gasteiger partial charge in [0, 0.05) is 24.2 Å². The first-order chi connectivity index (χ1) is 39.4. The number of hydrogen-bond acceptors (Lipinski definition) is 26. The van der Waals surface area contributed by atoms with E-state index in [4.69, 9.17) is 56.8 Å². The Labute approximate surface area is 488 Å². The molecule has 7 heterocycles. The van der Waals surface area contributed by atoms with E-state index in [0.717, 1.165) is 44.1 Å². The average Bonchev–Trinajstić information content (AvgIpc) is 1.44. The molecule has 0 aromatic carbocycles. The van der Waals surface area contributed by atoms with E-state index in [1.807, 2.05) is 20.8 Å². The van der Waals surface area contributed by atoms with Crippen LogP contribution in [0.1, 0.15) is 107 Å². The molecule has 482 valence electrons. The van der Waals surface area contributed by atoms with Crippen molar-refractivity contribution in [2.45, 2.75) is 272 Å². The largest absolute Gasteiger partial charge is 0.394 e. The highest BCUT2D eigenvalue weighted by molar-refractivity contribution is 5.27. The van der Waals surface area contributed by atoms with Crippen LogP contribution in [0.4, 0.5) is 0 Å². The Balaban J connectivity index is 0.870. The summed E-state index contributed by atoms with van der Waals surface area (Å²) in [7, 11) is 0. The number of rotatable bonds is 13.